The molecule has 1 N–H and O–H groups in total. The van der Waals surface area contributed by atoms with E-state index < -0.39 is 5.60 Å². The van der Waals surface area contributed by atoms with Crippen molar-refractivity contribution in [3.63, 3.8) is 0 Å². The van der Waals surface area contributed by atoms with Gasteiger partial charge in [0.1, 0.15) is 5.60 Å². The predicted molar refractivity (Wildman–Crippen MR) is 134 cm³/mol. The topological polar surface area (TPSA) is 71.2 Å². The zero-order valence-electron chi connectivity index (χ0n) is 19.4. The van der Waals surface area contributed by atoms with E-state index in [0.717, 1.165) is 16.7 Å². The highest BCUT2D eigenvalue weighted by molar-refractivity contribution is 5.60. The highest BCUT2D eigenvalue weighted by Gasteiger charge is 2.39. The fourth-order valence-electron chi connectivity index (χ4n) is 4.80. The standard InChI is InChI=1S/C28H28N4O2/c1-27(2)18-31(20-28(34,22-9-5-3-6-10-22)23-11-7-4-8-12-23)26-30-24(17-25(33)32(26)19-27)21-13-15-29-16-14-21/h3-17,34H,18-20H2,1-2H3. The second-order valence-corrected chi connectivity index (χ2v) is 9.71. The number of β-amino-alcohol motifs (C(OH)–C–C–N with tert-alkyl or cyclic N) is 1. The van der Waals surface area contributed by atoms with Crippen LogP contribution >= 0.6 is 0 Å². The summed E-state index contributed by atoms with van der Waals surface area (Å²) in [6, 6.07) is 24.6. The molecule has 0 unspecified atom stereocenters. The summed E-state index contributed by atoms with van der Waals surface area (Å²) in [4.78, 5) is 24.3. The Morgan fingerprint density at radius 1 is 0.912 bits per heavy atom. The van der Waals surface area contributed by atoms with Gasteiger partial charge >= 0.3 is 0 Å². The van der Waals surface area contributed by atoms with E-state index in [2.05, 4.69) is 23.7 Å². The van der Waals surface area contributed by atoms with Gasteiger partial charge < -0.3 is 10.0 Å². The Hall–Kier alpha value is -3.77. The Bertz CT molecular complexity index is 1300. The van der Waals surface area contributed by atoms with Gasteiger partial charge in [-0.1, -0.05) is 74.5 Å². The molecule has 1 aliphatic heterocycles. The number of hydrogen-bond acceptors (Lipinski definition) is 5. The molecule has 0 bridgehead atoms. The van der Waals surface area contributed by atoms with E-state index >= 15 is 0 Å². The molecule has 0 fully saturated rings. The second kappa shape index (κ2) is 8.54. The lowest BCUT2D eigenvalue weighted by atomic mass is 9.84. The Morgan fingerprint density at radius 2 is 1.50 bits per heavy atom. The first-order valence-corrected chi connectivity index (χ1v) is 11.5. The van der Waals surface area contributed by atoms with E-state index in [4.69, 9.17) is 4.98 Å². The number of anilines is 1. The zero-order valence-corrected chi connectivity index (χ0v) is 19.4. The van der Waals surface area contributed by atoms with Gasteiger partial charge in [0.15, 0.2) is 0 Å². The van der Waals surface area contributed by atoms with Crippen LogP contribution in [-0.2, 0) is 12.1 Å². The van der Waals surface area contributed by atoms with Crippen LogP contribution in [0.2, 0.25) is 0 Å². The van der Waals surface area contributed by atoms with E-state index in [1.807, 2.05) is 72.8 Å². The van der Waals surface area contributed by atoms with Crippen molar-refractivity contribution in [2.24, 2.45) is 5.41 Å². The van der Waals surface area contributed by atoms with Crippen molar-refractivity contribution in [1.29, 1.82) is 0 Å². The van der Waals surface area contributed by atoms with E-state index in [1.165, 1.54) is 0 Å². The summed E-state index contributed by atoms with van der Waals surface area (Å²) in [5, 5.41) is 12.2. The van der Waals surface area contributed by atoms with E-state index in [9.17, 15) is 9.90 Å². The lowest BCUT2D eigenvalue weighted by Crippen LogP contribution is -2.52. The molecule has 0 spiro atoms. The minimum absolute atomic E-state index is 0.0995. The first-order chi connectivity index (χ1) is 16.4. The molecule has 4 aromatic rings. The molecule has 172 valence electrons. The summed E-state index contributed by atoms with van der Waals surface area (Å²) in [6.07, 6.45) is 3.39. The van der Waals surface area contributed by atoms with Crippen molar-refractivity contribution in [3.8, 4) is 11.3 Å². The van der Waals surface area contributed by atoms with Crippen LogP contribution in [0.15, 0.2) is 96.1 Å². The number of hydrogen-bond donors (Lipinski definition) is 1. The summed E-state index contributed by atoms with van der Waals surface area (Å²) in [5.41, 5.74) is 1.47. The van der Waals surface area contributed by atoms with Crippen LogP contribution in [0.25, 0.3) is 11.3 Å². The quantitative estimate of drug-likeness (QED) is 0.494. The molecule has 6 nitrogen and oxygen atoms in total. The SMILES string of the molecule is CC1(C)CN(CC(O)(c2ccccc2)c2ccccc2)c2nc(-c3ccncc3)cc(=O)n2C1. The zero-order chi connectivity index (χ0) is 23.8. The van der Waals surface area contributed by atoms with Gasteiger partial charge in [0.05, 0.1) is 12.2 Å². The molecule has 34 heavy (non-hydrogen) atoms. The molecular formula is C28H28N4O2. The summed E-state index contributed by atoms with van der Waals surface area (Å²) < 4.78 is 1.73. The first kappa shape index (κ1) is 22.0. The van der Waals surface area contributed by atoms with Crippen LogP contribution in [0, 0.1) is 5.41 Å². The third-order valence-corrected chi connectivity index (χ3v) is 6.37. The van der Waals surface area contributed by atoms with Gasteiger partial charge in [-0.25, -0.2) is 4.98 Å². The van der Waals surface area contributed by atoms with Gasteiger partial charge in [0, 0.05) is 42.5 Å². The molecule has 2 aromatic carbocycles. The van der Waals surface area contributed by atoms with Crippen LogP contribution in [0.4, 0.5) is 5.95 Å². The summed E-state index contributed by atoms with van der Waals surface area (Å²) >= 11 is 0. The number of fused-ring (bicyclic) bond motifs is 1. The van der Waals surface area contributed by atoms with Gasteiger partial charge in [0.25, 0.3) is 5.56 Å². The number of rotatable bonds is 5. The molecule has 3 heterocycles. The molecule has 0 atom stereocenters. The smallest absolute Gasteiger partial charge is 0.255 e. The van der Waals surface area contributed by atoms with Crippen molar-refractivity contribution in [2.75, 3.05) is 18.0 Å². The minimum Gasteiger partial charge on any atom is -0.379 e. The number of aromatic nitrogens is 3. The molecule has 0 saturated carbocycles. The van der Waals surface area contributed by atoms with Crippen molar-refractivity contribution in [1.82, 2.24) is 14.5 Å². The average Bonchev–Trinajstić information content (AvgIpc) is 2.85. The Morgan fingerprint density at radius 3 is 2.09 bits per heavy atom. The highest BCUT2D eigenvalue weighted by atomic mass is 16.3. The van der Waals surface area contributed by atoms with Gasteiger partial charge in [-0.05, 0) is 23.3 Å². The largest absolute Gasteiger partial charge is 0.379 e. The minimum atomic E-state index is -1.29. The van der Waals surface area contributed by atoms with Crippen molar-refractivity contribution in [2.45, 2.75) is 26.0 Å². The summed E-state index contributed by atoms with van der Waals surface area (Å²) in [7, 11) is 0. The summed E-state index contributed by atoms with van der Waals surface area (Å²) in [6.45, 7) is 5.75. The van der Waals surface area contributed by atoms with Crippen LogP contribution in [0.1, 0.15) is 25.0 Å². The monoisotopic (exact) mass is 452 g/mol. The molecule has 2 aromatic heterocycles. The first-order valence-electron chi connectivity index (χ1n) is 11.5. The lowest BCUT2D eigenvalue weighted by molar-refractivity contribution is 0.0823. The molecule has 0 radical (unpaired) electrons. The fourth-order valence-corrected chi connectivity index (χ4v) is 4.80. The normalized spacial score (nSPS) is 15.1. The van der Waals surface area contributed by atoms with Gasteiger partial charge in [-0.3, -0.25) is 14.3 Å². The second-order valence-electron chi connectivity index (χ2n) is 9.71. The van der Waals surface area contributed by atoms with E-state index in [0.29, 0.717) is 24.7 Å². The Kier molecular flexibility index (Phi) is 5.54. The highest BCUT2D eigenvalue weighted by Crippen LogP contribution is 2.36. The molecule has 5 rings (SSSR count). The van der Waals surface area contributed by atoms with Crippen molar-refractivity contribution < 1.29 is 5.11 Å². The van der Waals surface area contributed by atoms with Gasteiger partial charge in [-0.2, -0.15) is 0 Å². The summed E-state index contributed by atoms with van der Waals surface area (Å²) in [5.74, 6) is 0.573. The van der Waals surface area contributed by atoms with Crippen molar-refractivity contribution in [3.05, 3.63) is 113 Å². The van der Waals surface area contributed by atoms with Crippen LogP contribution in [0.3, 0.4) is 0 Å². The number of nitrogens with zero attached hydrogens (tertiary/aromatic N) is 4. The fraction of sp³-hybridized carbons (Fsp3) is 0.250. The van der Waals surface area contributed by atoms with Crippen LogP contribution < -0.4 is 10.5 Å². The molecule has 0 amide bonds. The van der Waals surface area contributed by atoms with Crippen molar-refractivity contribution >= 4 is 5.95 Å². The third kappa shape index (κ3) is 4.13. The van der Waals surface area contributed by atoms with Crippen LogP contribution in [-0.4, -0.2) is 32.7 Å². The van der Waals surface area contributed by atoms with Gasteiger partial charge in [0.2, 0.25) is 5.95 Å². The Labute approximate surface area is 199 Å². The molecule has 1 aliphatic rings. The number of aliphatic hydroxyl groups is 1. The van der Waals surface area contributed by atoms with Crippen LogP contribution in [0.5, 0.6) is 0 Å². The van der Waals surface area contributed by atoms with E-state index in [1.54, 1.807) is 23.0 Å². The number of pyridine rings is 1. The maximum Gasteiger partial charge on any atom is 0.255 e. The predicted octanol–water partition coefficient (Wildman–Crippen LogP) is 4.09. The molecule has 0 saturated heterocycles. The van der Waals surface area contributed by atoms with E-state index in [-0.39, 0.29) is 17.5 Å². The Balaban J connectivity index is 1.65. The number of benzene rings is 2. The third-order valence-electron chi connectivity index (χ3n) is 6.37. The average molecular weight is 453 g/mol. The van der Waals surface area contributed by atoms with Gasteiger partial charge in [-0.15, -0.1) is 0 Å². The molecule has 6 heteroatoms. The maximum absolute atomic E-state index is 13.2. The molecule has 0 aliphatic carbocycles. The lowest BCUT2D eigenvalue weighted by Gasteiger charge is -2.44. The maximum atomic E-state index is 13.2. The molecular weight excluding hydrogens is 424 g/mol.